The molecule has 164 valence electrons. The summed E-state index contributed by atoms with van der Waals surface area (Å²) >= 11 is 0. The first-order chi connectivity index (χ1) is 15.4. The van der Waals surface area contributed by atoms with Crippen LogP contribution in [0.3, 0.4) is 0 Å². The number of benzene rings is 3. The van der Waals surface area contributed by atoms with Gasteiger partial charge in [-0.05, 0) is 74.4 Å². The fraction of sp³-hybridized carbons (Fsp3) is 0.207. The summed E-state index contributed by atoms with van der Waals surface area (Å²) in [5.41, 5.74) is 13.0. The molecule has 0 aliphatic rings. The molecular weight excluding hydrogens is 392 g/mol. The number of carbonyl (C=O) groups excluding carboxylic acids is 1. The number of anilines is 1. The molecule has 0 heterocycles. The predicted molar refractivity (Wildman–Crippen MR) is 135 cm³/mol. The van der Waals surface area contributed by atoms with Crippen LogP contribution in [-0.4, -0.2) is 5.78 Å². The summed E-state index contributed by atoms with van der Waals surface area (Å²) in [6, 6.07) is 23.9. The van der Waals surface area contributed by atoms with Crippen molar-refractivity contribution in [2.45, 2.75) is 33.7 Å². The van der Waals surface area contributed by atoms with Crippen molar-refractivity contribution in [3.8, 4) is 0 Å². The van der Waals surface area contributed by atoms with Gasteiger partial charge in [-0.2, -0.15) is 0 Å². The van der Waals surface area contributed by atoms with Gasteiger partial charge in [-0.1, -0.05) is 72.3 Å². The van der Waals surface area contributed by atoms with E-state index >= 15 is 0 Å². The lowest BCUT2D eigenvalue weighted by atomic mass is 9.80. The number of hydrogen-bond donors (Lipinski definition) is 2. The highest BCUT2D eigenvalue weighted by Gasteiger charge is 2.32. The van der Waals surface area contributed by atoms with Crippen LogP contribution in [0.4, 0.5) is 5.69 Å². The Morgan fingerprint density at radius 2 is 1.59 bits per heavy atom. The van der Waals surface area contributed by atoms with E-state index in [2.05, 4.69) is 68.6 Å². The molecule has 3 nitrogen and oxygen atoms in total. The lowest BCUT2D eigenvalue weighted by molar-refractivity contribution is 0.0929. The quantitative estimate of drug-likeness (QED) is 0.313. The van der Waals surface area contributed by atoms with Gasteiger partial charge in [0.2, 0.25) is 0 Å². The molecule has 0 radical (unpaired) electrons. The van der Waals surface area contributed by atoms with Crippen LogP contribution in [0.5, 0.6) is 0 Å². The Labute approximate surface area is 191 Å². The van der Waals surface area contributed by atoms with E-state index in [0.717, 1.165) is 16.8 Å². The number of nitrogens with two attached hydrogens (primary N) is 1. The molecule has 0 saturated heterocycles. The molecule has 3 rings (SSSR count). The van der Waals surface area contributed by atoms with Gasteiger partial charge in [0, 0.05) is 11.3 Å². The summed E-state index contributed by atoms with van der Waals surface area (Å²) in [7, 11) is 0. The summed E-state index contributed by atoms with van der Waals surface area (Å²) in [5.74, 6) is -0.398. The number of hydrogen-bond acceptors (Lipinski definition) is 3. The van der Waals surface area contributed by atoms with E-state index in [1.165, 1.54) is 22.9 Å². The van der Waals surface area contributed by atoms with Crippen LogP contribution in [0.2, 0.25) is 0 Å². The van der Waals surface area contributed by atoms with E-state index in [1.54, 1.807) is 0 Å². The minimum Gasteiger partial charge on any atom is -0.405 e. The normalized spacial score (nSPS) is 13.7. The molecular formula is C29H32N2O. The van der Waals surface area contributed by atoms with Crippen molar-refractivity contribution in [1.82, 2.24) is 0 Å². The van der Waals surface area contributed by atoms with Crippen LogP contribution in [0.25, 0.3) is 0 Å². The average molecular weight is 425 g/mol. The zero-order chi connectivity index (χ0) is 23.1. The van der Waals surface area contributed by atoms with Crippen LogP contribution >= 0.6 is 0 Å². The van der Waals surface area contributed by atoms with E-state index in [4.69, 9.17) is 5.73 Å². The van der Waals surface area contributed by atoms with Gasteiger partial charge in [-0.3, -0.25) is 4.79 Å². The highest BCUT2D eigenvalue weighted by molar-refractivity contribution is 6.00. The molecule has 0 aromatic heterocycles. The van der Waals surface area contributed by atoms with Gasteiger partial charge in [0.25, 0.3) is 0 Å². The van der Waals surface area contributed by atoms with Crippen molar-refractivity contribution >= 4 is 11.5 Å². The molecule has 0 bridgehead atoms. The third-order valence-electron chi connectivity index (χ3n) is 5.92. The fourth-order valence-electron chi connectivity index (χ4n) is 3.91. The molecule has 2 atom stereocenters. The predicted octanol–water partition coefficient (Wildman–Crippen LogP) is 6.68. The van der Waals surface area contributed by atoms with Gasteiger partial charge in [0.15, 0.2) is 5.78 Å². The van der Waals surface area contributed by atoms with Gasteiger partial charge in [0.05, 0.1) is 12.0 Å². The van der Waals surface area contributed by atoms with E-state index in [0.29, 0.717) is 5.56 Å². The number of Topliss-reactive ketones (excluding diaryl/α,β-unsaturated/α-hetero) is 1. The summed E-state index contributed by atoms with van der Waals surface area (Å²) in [4.78, 5) is 13.9. The average Bonchev–Trinajstić information content (AvgIpc) is 2.81. The lowest BCUT2D eigenvalue weighted by Gasteiger charge is -2.30. The third kappa shape index (κ3) is 5.36. The van der Waals surface area contributed by atoms with Crippen LogP contribution in [-0.2, 0) is 0 Å². The molecule has 0 aliphatic carbocycles. The molecule has 0 saturated carbocycles. The van der Waals surface area contributed by atoms with E-state index < -0.39 is 5.92 Å². The van der Waals surface area contributed by atoms with Gasteiger partial charge in [-0.25, -0.2) is 0 Å². The molecule has 0 amide bonds. The second-order valence-electron chi connectivity index (χ2n) is 8.19. The molecule has 32 heavy (non-hydrogen) atoms. The second kappa shape index (κ2) is 10.6. The maximum Gasteiger partial charge on any atom is 0.172 e. The zero-order valence-corrected chi connectivity index (χ0v) is 19.3. The second-order valence-corrected chi connectivity index (χ2v) is 8.19. The first-order valence-corrected chi connectivity index (χ1v) is 11.0. The van der Waals surface area contributed by atoms with Gasteiger partial charge in [-0.15, -0.1) is 0 Å². The first kappa shape index (κ1) is 23.1. The minimum atomic E-state index is -0.452. The molecule has 0 spiro atoms. The number of ketones is 1. The SMILES string of the molecule is C/C=C(\C=C/N)C(C(=O)c1ccccc1)C(Nc1ccc(C)c(C)c1)c1ccc(C)cc1. The Bertz CT molecular complexity index is 1110. The van der Waals surface area contributed by atoms with Crippen molar-refractivity contribution in [1.29, 1.82) is 0 Å². The Hall–Kier alpha value is -3.59. The number of carbonyl (C=O) groups is 1. The molecule has 0 aliphatic heterocycles. The lowest BCUT2D eigenvalue weighted by Crippen LogP contribution is -2.29. The van der Waals surface area contributed by atoms with Gasteiger partial charge >= 0.3 is 0 Å². The maximum atomic E-state index is 13.9. The van der Waals surface area contributed by atoms with Crippen molar-refractivity contribution in [2.75, 3.05) is 5.32 Å². The van der Waals surface area contributed by atoms with Crippen LogP contribution < -0.4 is 11.1 Å². The number of allylic oxidation sites excluding steroid dienone is 2. The zero-order valence-electron chi connectivity index (χ0n) is 19.3. The van der Waals surface area contributed by atoms with Crippen molar-refractivity contribution in [2.24, 2.45) is 11.7 Å². The molecule has 3 heteroatoms. The van der Waals surface area contributed by atoms with E-state index in [1.807, 2.05) is 49.4 Å². The molecule has 2 unspecified atom stereocenters. The summed E-state index contributed by atoms with van der Waals surface area (Å²) in [6.07, 6.45) is 5.30. The van der Waals surface area contributed by atoms with E-state index in [9.17, 15) is 4.79 Å². The Morgan fingerprint density at radius 1 is 0.906 bits per heavy atom. The smallest absolute Gasteiger partial charge is 0.172 e. The molecule has 3 aromatic carbocycles. The number of nitrogens with one attached hydrogen (secondary N) is 1. The molecule has 3 N–H and O–H groups in total. The molecule has 3 aromatic rings. The van der Waals surface area contributed by atoms with Crippen molar-refractivity contribution < 1.29 is 4.79 Å². The van der Waals surface area contributed by atoms with E-state index in [-0.39, 0.29) is 11.8 Å². The minimum absolute atomic E-state index is 0.0544. The topological polar surface area (TPSA) is 55.1 Å². The fourth-order valence-corrected chi connectivity index (χ4v) is 3.91. The van der Waals surface area contributed by atoms with Crippen LogP contribution in [0.15, 0.2) is 96.7 Å². The summed E-state index contributed by atoms with van der Waals surface area (Å²) in [5, 5.41) is 3.67. The van der Waals surface area contributed by atoms with Crippen LogP contribution in [0.1, 0.15) is 45.6 Å². The Morgan fingerprint density at radius 3 is 2.19 bits per heavy atom. The van der Waals surface area contributed by atoms with Crippen molar-refractivity contribution in [3.63, 3.8) is 0 Å². The highest BCUT2D eigenvalue weighted by atomic mass is 16.1. The number of aryl methyl sites for hydroxylation is 3. The monoisotopic (exact) mass is 424 g/mol. The standard InChI is InChI=1S/C29H32N2O/c1-5-23(17-18-30)27(29(32)25-9-7-6-8-10-25)28(24-14-11-20(2)12-15-24)31-26-16-13-21(3)22(4)19-26/h5-19,27-28,31H,30H2,1-4H3/b18-17-,23-5+. The van der Waals surface area contributed by atoms with Crippen LogP contribution in [0, 0.1) is 26.7 Å². The Balaban J connectivity index is 2.16. The number of rotatable bonds is 8. The maximum absolute atomic E-state index is 13.9. The van der Waals surface area contributed by atoms with Gasteiger partial charge < -0.3 is 11.1 Å². The van der Waals surface area contributed by atoms with Crippen molar-refractivity contribution in [3.05, 3.63) is 125 Å². The summed E-state index contributed by atoms with van der Waals surface area (Å²) in [6.45, 7) is 8.21. The Kier molecular flexibility index (Phi) is 7.67. The largest absolute Gasteiger partial charge is 0.405 e. The third-order valence-corrected chi connectivity index (χ3v) is 5.92. The van der Waals surface area contributed by atoms with Gasteiger partial charge in [0.1, 0.15) is 0 Å². The summed E-state index contributed by atoms with van der Waals surface area (Å²) < 4.78 is 0. The molecule has 0 fully saturated rings. The first-order valence-electron chi connectivity index (χ1n) is 11.0. The highest BCUT2D eigenvalue weighted by Crippen LogP contribution is 2.35.